The van der Waals surface area contributed by atoms with Crippen molar-refractivity contribution in [3.05, 3.63) is 71.8 Å². The number of carbonyl (C=O) groups excluding carboxylic acids is 2. The first-order valence-electron chi connectivity index (χ1n) is 11.7. The molecule has 2 aliphatic rings. The lowest BCUT2D eigenvalue weighted by molar-refractivity contribution is -0.173. The summed E-state index contributed by atoms with van der Waals surface area (Å²) in [7, 11) is 3.68. The van der Waals surface area contributed by atoms with Crippen molar-refractivity contribution in [3.63, 3.8) is 0 Å². The van der Waals surface area contributed by atoms with Crippen molar-refractivity contribution >= 4 is 11.8 Å². The minimum Gasteiger partial charge on any atom is -0.362 e. The molecule has 0 aliphatic carbocycles. The van der Waals surface area contributed by atoms with Crippen molar-refractivity contribution in [2.45, 2.75) is 24.6 Å². The molecule has 7 nitrogen and oxygen atoms in total. The molecule has 0 aromatic heterocycles. The lowest BCUT2D eigenvalue weighted by Crippen LogP contribution is -2.66. The summed E-state index contributed by atoms with van der Waals surface area (Å²) < 4.78 is 6.25. The molecule has 2 aromatic carbocycles. The maximum absolute atomic E-state index is 14.0. The van der Waals surface area contributed by atoms with E-state index < -0.39 is 11.6 Å². The van der Waals surface area contributed by atoms with E-state index in [1.54, 1.807) is 7.05 Å². The highest BCUT2D eigenvalue weighted by Gasteiger charge is 2.47. The molecule has 176 valence electrons. The molecule has 2 aliphatic heterocycles. The number of carbonyl (C=O) groups is 2. The van der Waals surface area contributed by atoms with Crippen LogP contribution >= 0.6 is 0 Å². The van der Waals surface area contributed by atoms with Crippen LogP contribution in [0.25, 0.3) is 0 Å². The summed E-state index contributed by atoms with van der Waals surface area (Å²) in [5, 5.41) is 2.79. The molecule has 2 saturated heterocycles. The highest BCUT2D eigenvalue weighted by molar-refractivity contribution is 5.88. The van der Waals surface area contributed by atoms with Crippen LogP contribution in [-0.4, -0.2) is 91.6 Å². The van der Waals surface area contributed by atoms with Gasteiger partial charge >= 0.3 is 0 Å². The molecule has 0 spiro atoms. The fourth-order valence-corrected chi connectivity index (χ4v) is 4.91. The lowest BCUT2D eigenvalue weighted by atomic mass is 9.90. The highest BCUT2D eigenvalue weighted by Crippen LogP contribution is 2.27. The van der Waals surface area contributed by atoms with E-state index in [1.807, 2.05) is 60.5 Å². The van der Waals surface area contributed by atoms with Gasteiger partial charge in [0.25, 0.3) is 5.91 Å². The summed E-state index contributed by atoms with van der Waals surface area (Å²) in [5.41, 5.74) is 1.29. The average Bonchev–Trinajstić information content (AvgIpc) is 2.84. The zero-order chi connectivity index (χ0) is 23.3. The van der Waals surface area contributed by atoms with E-state index in [1.165, 1.54) is 0 Å². The monoisotopic (exact) mass is 450 g/mol. The topological polar surface area (TPSA) is 65.1 Å². The fourth-order valence-electron chi connectivity index (χ4n) is 4.91. The Bertz CT molecular complexity index is 939. The molecule has 1 N–H and O–H groups in total. The van der Waals surface area contributed by atoms with Gasteiger partial charge < -0.3 is 19.9 Å². The Balaban J connectivity index is 1.54. The van der Waals surface area contributed by atoms with Crippen LogP contribution in [0.15, 0.2) is 60.7 Å². The number of rotatable bonds is 6. The Kier molecular flexibility index (Phi) is 7.42. The molecule has 2 atom stereocenters. The van der Waals surface area contributed by atoms with Crippen LogP contribution in [0.5, 0.6) is 0 Å². The van der Waals surface area contributed by atoms with Crippen molar-refractivity contribution in [1.29, 1.82) is 0 Å². The Morgan fingerprint density at radius 2 is 1.67 bits per heavy atom. The Hall–Kier alpha value is -2.74. The van der Waals surface area contributed by atoms with E-state index in [0.29, 0.717) is 45.8 Å². The van der Waals surface area contributed by atoms with Gasteiger partial charge in [0.15, 0.2) is 5.60 Å². The maximum Gasteiger partial charge on any atom is 0.256 e. The number of morpholine rings is 1. The number of likely N-dealkylation sites (N-methyl/N-ethyl adjacent to an activating group) is 2. The molecule has 2 amide bonds. The second-order valence-electron chi connectivity index (χ2n) is 9.08. The first-order valence-corrected chi connectivity index (χ1v) is 11.7. The summed E-state index contributed by atoms with van der Waals surface area (Å²) in [6.45, 7) is 4.09. The zero-order valence-electron chi connectivity index (χ0n) is 19.6. The molecule has 4 rings (SSSR count). The van der Waals surface area contributed by atoms with Crippen molar-refractivity contribution in [3.8, 4) is 0 Å². The standard InChI is InChI=1S/C26H34N4O3/c1-27-24(31)23-19-30(14-13-29(23)18-22-11-7-4-8-12-22)25(32)26(20-28(2)15-16-33-26)17-21-9-5-3-6-10-21/h3-12,23H,13-20H2,1-2H3,(H,27,31)/t23-,26-/m0/s1. The first kappa shape index (κ1) is 23.4. The number of nitrogens with one attached hydrogen (secondary N) is 1. The Labute approximate surface area is 196 Å². The van der Waals surface area contributed by atoms with Crippen LogP contribution in [-0.2, 0) is 27.3 Å². The SMILES string of the molecule is CNC(=O)[C@@H]1CN(C(=O)[C@]2(Cc3ccccc3)CN(C)CCO2)CCN1Cc1ccccc1. The fraction of sp³-hybridized carbons (Fsp3) is 0.462. The van der Waals surface area contributed by atoms with Gasteiger partial charge in [0, 0.05) is 52.7 Å². The van der Waals surface area contributed by atoms with Crippen LogP contribution in [0.3, 0.4) is 0 Å². The maximum atomic E-state index is 14.0. The number of hydrogen-bond donors (Lipinski definition) is 1. The Morgan fingerprint density at radius 1 is 1.00 bits per heavy atom. The first-order chi connectivity index (χ1) is 16.0. The second-order valence-corrected chi connectivity index (χ2v) is 9.08. The molecular weight excluding hydrogens is 416 g/mol. The van der Waals surface area contributed by atoms with E-state index in [-0.39, 0.29) is 11.8 Å². The molecule has 0 bridgehead atoms. The molecule has 2 heterocycles. The van der Waals surface area contributed by atoms with Crippen LogP contribution in [0.2, 0.25) is 0 Å². The summed E-state index contributed by atoms with van der Waals surface area (Å²) in [5.74, 6) is -0.0895. The molecule has 7 heteroatoms. The van der Waals surface area contributed by atoms with Crippen molar-refractivity contribution < 1.29 is 14.3 Å². The number of amides is 2. The number of benzene rings is 2. The van der Waals surface area contributed by atoms with Gasteiger partial charge in [-0.25, -0.2) is 0 Å². The van der Waals surface area contributed by atoms with Crippen molar-refractivity contribution in [2.75, 3.05) is 53.4 Å². The van der Waals surface area contributed by atoms with Gasteiger partial charge in [0.1, 0.15) is 6.04 Å². The van der Waals surface area contributed by atoms with E-state index in [0.717, 1.165) is 17.7 Å². The van der Waals surface area contributed by atoms with Crippen LogP contribution in [0, 0.1) is 0 Å². The third-order valence-corrected chi connectivity index (χ3v) is 6.65. The summed E-state index contributed by atoms with van der Waals surface area (Å²) in [6.07, 6.45) is 0.520. The zero-order valence-corrected chi connectivity index (χ0v) is 19.6. The van der Waals surface area contributed by atoms with E-state index in [4.69, 9.17) is 4.74 Å². The highest BCUT2D eigenvalue weighted by atomic mass is 16.5. The van der Waals surface area contributed by atoms with Gasteiger partial charge in [-0.2, -0.15) is 0 Å². The predicted molar refractivity (Wildman–Crippen MR) is 128 cm³/mol. The minimum absolute atomic E-state index is 0.0221. The van der Waals surface area contributed by atoms with E-state index in [9.17, 15) is 9.59 Å². The van der Waals surface area contributed by atoms with Crippen molar-refractivity contribution in [1.82, 2.24) is 20.0 Å². The minimum atomic E-state index is -0.941. The molecule has 2 aromatic rings. The van der Waals surface area contributed by atoms with Gasteiger partial charge in [0.2, 0.25) is 5.91 Å². The Morgan fingerprint density at radius 3 is 2.30 bits per heavy atom. The molecule has 0 radical (unpaired) electrons. The molecule has 0 unspecified atom stereocenters. The van der Waals surface area contributed by atoms with Gasteiger partial charge in [-0.15, -0.1) is 0 Å². The summed E-state index contributed by atoms with van der Waals surface area (Å²) in [4.78, 5) is 32.9. The normalized spacial score (nSPS) is 24.4. The number of nitrogens with zero attached hydrogens (tertiary/aromatic N) is 3. The average molecular weight is 451 g/mol. The van der Waals surface area contributed by atoms with Gasteiger partial charge in [-0.05, 0) is 18.2 Å². The number of hydrogen-bond acceptors (Lipinski definition) is 5. The van der Waals surface area contributed by atoms with E-state index >= 15 is 0 Å². The quantitative estimate of drug-likeness (QED) is 0.721. The second kappa shape index (κ2) is 10.5. The number of ether oxygens (including phenoxy) is 1. The van der Waals surface area contributed by atoms with Crippen LogP contribution < -0.4 is 5.32 Å². The third-order valence-electron chi connectivity index (χ3n) is 6.65. The molecule has 0 saturated carbocycles. The van der Waals surface area contributed by atoms with Crippen LogP contribution in [0.1, 0.15) is 11.1 Å². The van der Waals surface area contributed by atoms with Crippen LogP contribution in [0.4, 0.5) is 0 Å². The van der Waals surface area contributed by atoms with Gasteiger partial charge in [-0.3, -0.25) is 14.5 Å². The molecular formula is C26H34N4O3. The molecule has 2 fully saturated rings. The lowest BCUT2D eigenvalue weighted by Gasteiger charge is -2.46. The van der Waals surface area contributed by atoms with Crippen molar-refractivity contribution in [2.24, 2.45) is 0 Å². The van der Waals surface area contributed by atoms with Gasteiger partial charge in [0.05, 0.1) is 6.61 Å². The summed E-state index contributed by atoms with van der Waals surface area (Å²) in [6, 6.07) is 19.8. The molecule has 33 heavy (non-hydrogen) atoms. The third kappa shape index (κ3) is 5.43. The van der Waals surface area contributed by atoms with E-state index in [2.05, 4.69) is 27.2 Å². The largest absolute Gasteiger partial charge is 0.362 e. The summed E-state index contributed by atoms with van der Waals surface area (Å²) >= 11 is 0. The number of piperazine rings is 1. The van der Waals surface area contributed by atoms with Gasteiger partial charge in [-0.1, -0.05) is 60.7 Å². The smallest absolute Gasteiger partial charge is 0.256 e. The predicted octanol–water partition coefficient (Wildman–Crippen LogP) is 1.39.